The van der Waals surface area contributed by atoms with Crippen molar-refractivity contribution in [2.24, 2.45) is 5.92 Å². The SMILES string of the molecule is CCCCOCC1O[C@@H](OC(C)=O)C(C)[C@@H](OCCCC)[C@@H]1OCCCC. The second kappa shape index (κ2) is 14.3. The smallest absolute Gasteiger partial charge is 0.304 e. The molecule has 27 heavy (non-hydrogen) atoms. The fraction of sp³-hybridized carbons (Fsp3) is 0.952. The first-order valence-electron chi connectivity index (χ1n) is 10.7. The minimum Gasteiger partial charge on any atom is -0.436 e. The number of unbranched alkanes of at least 4 members (excludes halogenated alkanes) is 3. The van der Waals surface area contributed by atoms with Gasteiger partial charge in [0.1, 0.15) is 12.2 Å². The standard InChI is InChI=1S/C21H40O6/c1-6-9-12-23-15-18-20(25-14-11-8-3)19(24-13-10-7-2)16(4)21(27-18)26-17(5)22/h16,18-21H,6-15H2,1-5H3/t16?,18?,19-,20-,21-/m1/s1. The van der Waals surface area contributed by atoms with Gasteiger partial charge in [-0.05, 0) is 19.3 Å². The molecule has 0 spiro atoms. The number of ether oxygens (including phenoxy) is 5. The predicted molar refractivity (Wildman–Crippen MR) is 105 cm³/mol. The lowest BCUT2D eigenvalue weighted by Gasteiger charge is -2.44. The van der Waals surface area contributed by atoms with E-state index in [1.165, 1.54) is 6.92 Å². The van der Waals surface area contributed by atoms with E-state index in [9.17, 15) is 4.79 Å². The van der Waals surface area contributed by atoms with E-state index in [4.69, 9.17) is 23.7 Å². The van der Waals surface area contributed by atoms with Crippen LogP contribution in [0.2, 0.25) is 0 Å². The second-order valence-corrected chi connectivity index (χ2v) is 7.32. The topological polar surface area (TPSA) is 63.2 Å². The van der Waals surface area contributed by atoms with Crippen molar-refractivity contribution in [1.29, 1.82) is 0 Å². The highest BCUT2D eigenvalue weighted by Crippen LogP contribution is 2.31. The molecule has 6 heteroatoms. The number of carbonyl (C=O) groups excluding carboxylic acids is 1. The molecule has 1 aliphatic heterocycles. The zero-order valence-electron chi connectivity index (χ0n) is 17.9. The van der Waals surface area contributed by atoms with Crippen molar-refractivity contribution in [3.05, 3.63) is 0 Å². The van der Waals surface area contributed by atoms with Crippen molar-refractivity contribution in [1.82, 2.24) is 0 Å². The summed E-state index contributed by atoms with van der Waals surface area (Å²) in [5.74, 6) is -0.459. The van der Waals surface area contributed by atoms with Gasteiger partial charge in [-0.1, -0.05) is 47.0 Å². The van der Waals surface area contributed by atoms with Crippen LogP contribution in [0.15, 0.2) is 0 Å². The van der Waals surface area contributed by atoms with Crippen LogP contribution in [0.4, 0.5) is 0 Å². The van der Waals surface area contributed by atoms with Crippen molar-refractivity contribution >= 4 is 5.97 Å². The van der Waals surface area contributed by atoms with Gasteiger partial charge in [0.15, 0.2) is 0 Å². The van der Waals surface area contributed by atoms with Crippen LogP contribution in [-0.4, -0.2) is 57.0 Å². The van der Waals surface area contributed by atoms with E-state index in [1.54, 1.807) is 0 Å². The Bertz CT molecular complexity index is 389. The summed E-state index contributed by atoms with van der Waals surface area (Å²) in [7, 11) is 0. The largest absolute Gasteiger partial charge is 0.436 e. The van der Waals surface area contributed by atoms with Gasteiger partial charge >= 0.3 is 5.97 Å². The zero-order chi connectivity index (χ0) is 20.1. The molecule has 5 atom stereocenters. The fourth-order valence-electron chi connectivity index (χ4n) is 3.09. The monoisotopic (exact) mass is 388 g/mol. The van der Waals surface area contributed by atoms with Crippen molar-refractivity contribution in [2.75, 3.05) is 26.4 Å². The lowest BCUT2D eigenvalue weighted by Crippen LogP contribution is -2.58. The highest BCUT2D eigenvalue weighted by atomic mass is 16.7. The van der Waals surface area contributed by atoms with Gasteiger partial charge in [0.05, 0.1) is 12.7 Å². The molecule has 0 aromatic carbocycles. The molecule has 2 unspecified atom stereocenters. The maximum absolute atomic E-state index is 11.5. The quantitative estimate of drug-likeness (QED) is 0.330. The van der Waals surface area contributed by atoms with Crippen molar-refractivity contribution in [2.45, 2.75) is 97.7 Å². The Hall–Kier alpha value is -0.690. The summed E-state index contributed by atoms with van der Waals surface area (Å²) in [6.07, 6.45) is 4.83. The van der Waals surface area contributed by atoms with Gasteiger partial charge in [0.25, 0.3) is 0 Å². The van der Waals surface area contributed by atoms with Crippen molar-refractivity contribution in [3.63, 3.8) is 0 Å². The minimum atomic E-state index is -0.639. The molecule has 1 aliphatic rings. The highest BCUT2D eigenvalue weighted by molar-refractivity contribution is 5.66. The van der Waals surface area contributed by atoms with Crippen molar-refractivity contribution < 1.29 is 28.5 Å². The van der Waals surface area contributed by atoms with Crippen LogP contribution in [0.5, 0.6) is 0 Å². The molecule has 1 saturated heterocycles. The molecule has 0 N–H and O–H groups in total. The van der Waals surface area contributed by atoms with E-state index in [2.05, 4.69) is 20.8 Å². The van der Waals surface area contributed by atoms with Gasteiger partial charge in [0, 0.05) is 32.7 Å². The van der Waals surface area contributed by atoms with Gasteiger partial charge in [-0.25, -0.2) is 0 Å². The Morgan fingerprint density at radius 2 is 1.44 bits per heavy atom. The number of carbonyl (C=O) groups is 1. The molecular formula is C21H40O6. The molecule has 1 rings (SSSR count). The lowest BCUT2D eigenvalue weighted by molar-refractivity contribution is -0.290. The van der Waals surface area contributed by atoms with Crippen LogP contribution in [0, 0.1) is 5.92 Å². The third-order valence-electron chi connectivity index (χ3n) is 4.77. The Balaban J connectivity index is 2.86. The first-order chi connectivity index (χ1) is 13.0. The van der Waals surface area contributed by atoms with Gasteiger partial charge < -0.3 is 23.7 Å². The van der Waals surface area contributed by atoms with E-state index >= 15 is 0 Å². The maximum Gasteiger partial charge on any atom is 0.304 e. The Labute approximate surface area is 165 Å². The molecule has 160 valence electrons. The molecule has 1 heterocycles. The van der Waals surface area contributed by atoms with Gasteiger partial charge in [-0.2, -0.15) is 0 Å². The Kier molecular flexibility index (Phi) is 12.9. The maximum atomic E-state index is 11.5. The summed E-state index contributed by atoms with van der Waals surface area (Å²) in [6, 6.07) is 0. The first-order valence-corrected chi connectivity index (χ1v) is 10.7. The molecule has 0 saturated carbocycles. The van der Waals surface area contributed by atoms with Crippen LogP contribution in [0.1, 0.15) is 73.1 Å². The van der Waals surface area contributed by atoms with E-state index in [-0.39, 0.29) is 30.2 Å². The summed E-state index contributed by atoms with van der Waals surface area (Å²) < 4.78 is 29.7. The molecule has 0 amide bonds. The predicted octanol–water partition coefficient (Wildman–Crippen LogP) is 4.10. The number of rotatable bonds is 14. The highest BCUT2D eigenvalue weighted by Gasteiger charge is 2.46. The molecule has 0 aromatic rings. The third kappa shape index (κ3) is 8.90. The summed E-state index contributed by atoms with van der Waals surface area (Å²) in [6.45, 7) is 12.2. The van der Waals surface area contributed by atoms with E-state index in [1.807, 2.05) is 6.92 Å². The summed E-state index contributed by atoms with van der Waals surface area (Å²) >= 11 is 0. The van der Waals surface area contributed by atoms with Gasteiger partial charge in [0.2, 0.25) is 6.29 Å². The molecule has 6 nitrogen and oxygen atoms in total. The van der Waals surface area contributed by atoms with Crippen LogP contribution < -0.4 is 0 Å². The molecule has 1 fully saturated rings. The Morgan fingerprint density at radius 3 is 2.00 bits per heavy atom. The normalized spacial score (nSPS) is 28.3. The van der Waals surface area contributed by atoms with Gasteiger partial charge in [-0.15, -0.1) is 0 Å². The molecular weight excluding hydrogens is 348 g/mol. The number of esters is 1. The number of hydrogen-bond donors (Lipinski definition) is 0. The van der Waals surface area contributed by atoms with Crippen LogP contribution in [-0.2, 0) is 28.5 Å². The first kappa shape index (κ1) is 24.3. The lowest BCUT2D eigenvalue weighted by atomic mass is 9.91. The van der Waals surface area contributed by atoms with E-state index in [0.717, 1.165) is 38.5 Å². The number of hydrogen-bond acceptors (Lipinski definition) is 6. The van der Waals surface area contributed by atoms with Crippen molar-refractivity contribution in [3.8, 4) is 0 Å². The summed E-state index contributed by atoms with van der Waals surface area (Å²) in [4.78, 5) is 11.5. The van der Waals surface area contributed by atoms with Crippen LogP contribution in [0.25, 0.3) is 0 Å². The Morgan fingerprint density at radius 1 is 0.889 bits per heavy atom. The molecule has 0 bridgehead atoms. The molecule has 0 aliphatic carbocycles. The molecule has 0 aromatic heterocycles. The summed E-state index contributed by atoms with van der Waals surface area (Å²) in [5.41, 5.74) is 0. The van der Waals surface area contributed by atoms with Crippen LogP contribution >= 0.6 is 0 Å². The van der Waals surface area contributed by atoms with E-state index in [0.29, 0.717) is 26.4 Å². The van der Waals surface area contributed by atoms with E-state index < -0.39 is 6.29 Å². The van der Waals surface area contributed by atoms with Crippen LogP contribution in [0.3, 0.4) is 0 Å². The zero-order valence-corrected chi connectivity index (χ0v) is 17.9. The fourth-order valence-corrected chi connectivity index (χ4v) is 3.09. The third-order valence-corrected chi connectivity index (χ3v) is 4.77. The average molecular weight is 389 g/mol. The van der Waals surface area contributed by atoms with Gasteiger partial charge in [-0.3, -0.25) is 4.79 Å². The minimum absolute atomic E-state index is 0.107. The average Bonchev–Trinajstić information content (AvgIpc) is 2.63. The molecule has 0 radical (unpaired) electrons. The second-order valence-electron chi connectivity index (χ2n) is 7.32. The summed E-state index contributed by atoms with van der Waals surface area (Å²) in [5, 5.41) is 0.